The summed E-state index contributed by atoms with van der Waals surface area (Å²) >= 11 is 0. The minimum absolute atomic E-state index is 0.850. The first kappa shape index (κ1) is 18.1. The Morgan fingerprint density at radius 1 is 0.455 bits per heavy atom. The number of aromatic nitrogens is 2. The Hall–Kier alpha value is -4.50. The molecule has 7 rings (SSSR count). The van der Waals surface area contributed by atoms with Gasteiger partial charge in [-0.2, -0.15) is 0 Å². The van der Waals surface area contributed by atoms with Crippen LogP contribution < -0.4 is 0 Å². The molecule has 0 atom stereocenters. The van der Waals surface area contributed by atoms with Gasteiger partial charge in [0.2, 0.25) is 0 Å². The molecule has 3 heteroatoms. The van der Waals surface area contributed by atoms with E-state index in [0.717, 1.165) is 66.0 Å². The van der Waals surface area contributed by atoms with Gasteiger partial charge in [0.15, 0.2) is 0 Å². The summed E-state index contributed by atoms with van der Waals surface area (Å²) in [5.41, 5.74) is 5.50. The largest absolute Gasteiger partial charge is 0.455 e. The van der Waals surface area contributed by atoms with Gasteiger partial charge in [-0.05, 0) is 35.0 Å². The first-order valence-corrected chi connectivity index (χ1v) is 11.0. The standard InChI is InChI=1S/C30H18N2O/c1-3-9-21-17-31-27(15-19(21)7-1)25-13-5-11-23-24-12-6-14-26(30(24)33-29(23)25)28-16-20-8-2-4-10-22(20)18-32-28/h1-18H. The lowest BCUT2D eigenvalue weighted by molar-refractivity contribution is 0.670. The fraction of sp³-hybridized carbons (Fsp3) is 0. The number of hydrogen-bond donors (Lipinski definition) is 0. The first-order valence-electron chi connectivity index (χ1n) is 11.0. The summed E-state index contributed by atoms with van der Waals surface area (Å²) in [6.07, 6.45) is 3.85. The molecule has 0 bridgehead atoms. The van der Waals surface area contributed by atoms with Gasteiger partial charge in [0.1, 0.15) is 11.2 Å². The molecule has 7 aromatic rings. The van der Waals surface area contributed by atoms with E-state index in [1.54, 1.807) is 0 Å². The summed E-state index contributed by atoms with van der Waals surface area (Å²) in [5, 5.41) is 6.75. The maximum Gasteiger partial charge on any atom is 0.144 e. The van der Waals surface area contributed by atoms with Crippen LogP contribution in [0.25, 0.3) is 66.0 Å². The summed E-state index contributed by atoms with van der Waals surface area (Å²) in [6, 6.07) is 33.4. The van der Waals surface area contributed by atoms with Gasteiger partial charge in [0, 0.05) is 45.1 Å². The fourth-order valence-corrected chi connectivity index (χ4v) is 4.69. The summed E-state index contributed by atoms with van der Waals surface area (Å²) < 4.78 is 6.57. The van der Waals surface area contributed by atoms with Gasteiger partial charge in [-0.1, -0.05) is 72.8 Å². The number of pyridine rings is 2. The lowest BCUT2D eigenvalue weighted by Crippen LogP contribution is -1.84. The molecule has 0 N–H and O–H groups in total. The highest BCUT2D eigenvalue weighted by atomic mass is 16.3. The van der Waals surface area contributed by atoms with Crippen molar-refractivity contribution in [3.05, 3.63) is 109 Å². The molecule has 3 aromatic heterocycles. The van der Waals surface area contributed by atoms with E-state index in [1.165, 1.54) is 0 Å². The molecule has 33 heavy (non-hydrogen) atoms. The number of rotatable bonds is 2. The Kier molecular flexibility index (Phi) is 3.84. The molecule has 4 aromatic carbocycles. The van der Waals surface area contributed by atoms with Gasteiger partial charge in [-0.15, -0.1) is 0 Å². The van der Waals surface area contributed by atoms with E-state index in [2.05, 4.69) is 84.9 Å². The first-order chi connectivity index (χ1) is 16.3. The van der Waals surface area contributed by atoms with Crippen LogP contribution >= 0.6 is 0 Å². The molecule has 0 aliphatic rings. The second kappa shape index (κ2) is 7.01. The van der Waals surface area contributed by atoms with E-state index in [1.807, 2.05) is 24.5 Å². The molecular formula is C30H18N2O. The highest BCUT2D eigenvalue weighted by Gasteiger charge is 2.17. The molecule has 0 unspecified atom stereocenters. The van der Waals surface area contributed by atoms with Gasteiger partial charge in [0.25, 0.3) is 0 Å². The van der Waals surface area contributed by atoms with Crippen LogP contribution in [0.4, 0.5) is 0 Å². The minimum Gasteiger partial charge on any atom is -0.455 e. The van der Waals surface area contributed by atoms with E-state index in [-0.39, 0.29) is 0 Å². The molecule has 3 nitrogen and oxygen atoms in total. The Labute approximate surface area is 190 Å². The SMILES string of the molecule is c1ccc2cc(-c3cccc4c3oc3c(-c5cc6ccccc6cn5)cccc34)ncc2c1. The number of para-hydroxylation sites is 2. The highest BCUT2D eigenvalue weighted by molar-refractivity contribution is 6.13. The van der Waals surface area contributed by atoms with Crippen LogP contribution in [0.5, 0.6) is 0 Å². The van der Waals surface area contributed by atoms with Crippen LogP contribution in [0, 0.1) is 0 Å². The predicted octanol–water partition coefficient (Wildman–Crippen LogP) is 8.02. The van der Waals surface area contributed by atoms with E-state index in [4.69, 9.17) is 14.4 Å². The van der Waals surface area contributed by atoms with Gasteiger partial charge in [0.05, 0.1) is 11.4 Å². The molecule has 3 heterocycles. The van der Waals surface area contributed by atoms with Crippen molar-refractivity contribution >= 4 is 43.5 Å². The zero-order valence-corrected chi connectivity index (χ0v) is 17.7. The summed E-state index contributed by atoms with van der Waals surface area (Å²) in [6.45, 7) is 0. The van der Waals surface area contributed by atoms with Crippen molar-refractivity contribution in [3.63, 3.8) is 0 Å². The fourth-order valence-electron chi connectivity index (χ4n) is 4.69. The maximum absolute atomic E-state index is 6.57. The molecule has 0 saturated carbocycles. The average molecular weight is 422 g/mol. The van der Waals surface area contributed by atoms with Crippen molar-refractivity contribution in [1.82, 2.24) is 9.97 Å². The smallest absolute Gasteiger partial charge is 0.144 e. The Morgan fingerprint density at radius 3 is 1.39 bits per heavy atom. The lowest BCUT2D eigenvalue weighted by Gasteiger charge is -2.04. The number of fused-ring (bicyclic) bond motifs is 5. The second-order valence-electron chi connectivity index (χ2n) is 8.30. The minimum atomic E-state index is 0.850. The topological polar surface area (TPSA) is 38.9 Å². The molecule has 0 saturated heterocycles. The Morgan fingerprint density at radius 2 is 0.909 bits per heavy atom. The molecule has 0 aliphatic carbocycles. The van der Waals surface area contributed by atoms with Crippen molar-refractivity contribution in [1.29, 1.82) is 0 Å². The lowest BCUT2D eigenvalue weighted by atomic mass is 10.0. The van der Waals surface area contributed by atoms with Crippen LogP contribution in [-0.2, 0) is 0 Å². The number of nitrogens with zero attached hydrogens (tertiary/aromatic N) is 2. The van der Waals surface area contributed by atoms with Crippen molar-refractivity contribution < 1.29 is 4.42 Å². The zero-order chi connectivity index (χ0) is 21.8. The van der Waals surface area contributed by atoms with E-state index in [0.29, 0.717) is 0 Å². The third-order valence-corrected chi connectivity index (χ3v) is 6.34. The summed E-state index contributed by atoms with van der Waals surface area (Å²) in [4.78, 5) is 9.48. The molecule has 0 aliphatic heterocycles. The van der Waals surface area contributed by atoms with Crippen LogP contribution in [0.3, 0.4) is 0 Å². The number of furan rings is 1. The van der Waals surface area contributed by atoms with Gasteiger partial charge in [-0.3, -0.25) is 9.97 Å². The molecule has 0 fully saturated rings. The Bertz CT molecular complexity index is 1700. The van der Waals surface area contributed by atoms with Crippen LogP contribution in [0.2, 0.25) is 0 Å². The normalized spacial score (nSPS) is 11.6. The monoisotopic (exact) mass is 422 g/mol. The van der Waals surface area contributed by atoms with Crippen LogP contribution in [0.1, 0.15) is 0 Å². The van der Waals surface area contributed by atoms with Crippen molar-refractivity contribution in [2.24, 2.45) is 0 Å². The average Bonchev–Trinajstić information content (AvgIpc) is 3.27. The van der Waals surface area contributed by atoms with Crippen LogP contribution in [0.15, 0.2) is 114 Å². The molecule has 0 amide bonds. The third kappa shape index (κ3) is 2.83. The van der Waals surface area contributed by atoms with Crippen molar-refractivity contribution in [2.45, 2.75) is 0 Å². The zero-order valence-electron chi connectivity index (χ0n) is 17.7. The second-order valence-corrected chi connectivity index (χ2v) is 8.30. The van der Waals surface area contributed by atoms with Gasteiger partial charge < -0.3 is 4.42 Å². The van der Waals surface area contributed by atoms with E-state index < -0.39 is 0 Å². The number of hydrogen-bond acceptors (Lipinski definition) is 3. The molecule has 0 radical (unpaired) electrons. The van der Waals surface area contributed by atoms with E-state index >= 15 is 0 Å². The summed E-state index contributed by atoms with van der Waals surface area (Å²) in [5.74, 6) is 0. The van der Waals surface area contributed by atoms with E-state index in [9.17, 15) is 0 Å². The Balaban J connectivity index is 1.48. The van der Waals surface area contributed by atoms with Gasteiger partial charge in [-0.25, -0.2) is 0 Å². The highest BCUT2D eigenvalue weighted by Crippen LogP contribution is 2.39. The maximum atomic E-state index is 6.57. The number of benzene rings is 4. The van der Waals surface area contributed by atoms with Crippen LogP contribution in [-0.4, -0.2) is 9.97 Å². The predicted molar refractivity (Wildman–Crippen MR) is 135 cm³/mol. The van der Waals surface area contributed by atoms with Crippen molar-refractivity contribution in [2.75, 3.05) is 0 Å². The quantitative estimate of drug-likeness (QED) is 0.283. The molecule has 154 valence electrons. The van der Waals surface area contributed by atoms with Gasteiger partial charge >= 0.3 is 0 Å². The summed E-state index contributed by atoms with van der Waals surface area (Å²) in [7, 11) is 0. The van der Waals surface area contributed by atoms with Crippen molar-refractivity contribution in [3.8, 4) is 22.5 Å². The molecular weight excluding hydrogens is 404 g/mol. The third-order valence-electron chi connectivity index (χ3n) is 6.34. The molecule has 0 spiro atoms.